The Hall–Kier alpha value is -3.52. The Morgan fingerprint density at radius 3 is 2.57 bits per heavy atom. The van der Waals surface area contributed by atoms with E-state index in [9.17, 15) is 17.6 Å². The molecule has 0 saturated heterocycles. The first kappa shape index (κ1) is 23.2. The van der Waals surface area contributed by atoms with Crippen molar-refractivity contribution in [3.8, 4) is 34.1 Å². The Balaban J connectivity index is 1.46. The maximum Gasteiger partial charge on any atom is 0.416 e. The Morgan fingerprint density at radius 2 is 1.83 bits per heavy atom. The number of hydrogen-bond donors (Lipinski definition) is 1. The largest absolute Gasteiger partial charge is 0.489 e. The minimum atomic E-state index is -4.42. The van der Waals surface area contributed by atoms with Gasteiger partial charge in [-0.3, -0.25) is 0 Å². The summed E-state index contributed by atoms with van der Waals surface area (Å²) in [5.74, 6) is 0.698. The van der Waals surface area contributed by atoms with Crippen LogP contribution in [0.1, 0.15) is 30.7 Å². The smallest absolute Gasteiger partial charge is 0.416 e. The maximum atomic E-state index is 14.5. The van der Waals surface area contributed by atoms with Gasteiger partial charge in [-0.1, -0.05) is 29.8 Å². The normalized spacial score (nSPS) is 14.1. The first-order valence-corrected chi connectivity index (χ1v) is 11.1. The quantitative estimate of drug-likeness (QED) is 0.290. The van der Waals surface area contributed by atoms with Crippen molar-refractivity contribution >= 4 is 11.6 Å². The van der Waals surface area contributed by atoms with Gasteiger partial charge in [0.15, 0.2) is 0 Å². The van der Waals surface area contributed by atoms with Crippen LogP contribution in [0.15, 0.2) is 60.7 Å². The molecule has 2 heterocycles. The number of nitrogens with zero attached hydrogens (tertiary/aromatic N) is 1. The Labute approximate surface area is 203 Å². The number of aromatic nitrogens is 2. The zero-order valence-electron chi connectivity index (χ0n) is 18.6. The van der Waals surface area contributed by atoms with Crippen molar-refractivity contribution in [2.75, 3.05) is 0 Å². The van der Waals surface area contributed by atoms with Crippen molar-refractivity contribution in [2.45, 2.75) is 32.2 Å². The molecule has 3 aromatic carbocycles. The van der Waals surface area contributed by atoms with Crippen LogP contribution in [0.4, 0.5) is 17.6 Å². The van der Waals surface area contributed by atoms with Gasteiger partial charge in [0.05, 0.1) is 27.5 Å². The van der Waals surface area contributed by atoms with Crippen LogP contribution in [0.3, 0.4) is 0 Å². The van der Waals surface area contributed by atoms with Gasteiger partial charge in [0, 0.05) is 11.6 Å². The predicted octanol–water partition coefficient (Wildman–Crippen LogP) is 7.76. The van der Waals surface area contributed by atoms with Gasteiger partial charge in [-0.15, -0.1) is 0 Å². The molecule has 0 fully saturated rings. The molecule has 0 aliphatic carbocycles. The highest BCUT2D eigenvalue weighted by molar-refractivity contribution is 6.33. The fraction of sp³-hybridized carbons (Fsp3) is 0.192. The molecule has 5 rings (SSSR count). The average Bonchev–Trinajstić information content (AvgIpc) is 3.23. The van der Waals surface area contributed by atoms with Crippen molar-refractivity contribution in [1.29, 1.82) is 0 Å². The van der Waals surface area contributed by atoms with E-state index in [1.165, 1.54) is 18.2 Å². The zero-order chi connectivity index (χ0) is 25.0. The summed E-state index contributed by atoms with van der Waals surface area (Å²) < 4.78 is 65.4. The third-order valence-corrected chi connectivity index (χ3v) is 6.05. The minimum Gasteiger partial charge on any atom is -0.489 e. The number of H-pyrrole nitrogens is 1. The molecule has 0 bridgehead atoms. The number of aromatic amines is 1. The molecule has 4 nitrogen and oxygen atoms in total. The lowest BCUT2D eigenvalue weighted by atomic mass is 9.95. The van der Waals surface area contributed by atoms with E-state index in [1.807, 2.05) is 13.8 Å². The van der Waals surface area contributed by atoms with Crippen LogP contribution in [-0.2, 0) is 18.4 Å². The molecule has 0 unspecified atom stereocenters. The van der Waals surface area contributed by atoms with Crippen LogP contribution >= 0.6 is 11.6 Å². The number of imidazole rings is 1. The van der Waals surface area contributed by atoms with Crippen molar-refractivity contribution < 1.29 is 27.0 Å². The monoisotopic (exact) mass is 502 g/mol. The lowest BCUT2D eigenvalue weighted by Crippen LogP contribution is -2.29. The second-order valence-corrected chi connectivity index (χ2v) is 9.07. The van der Waals surface area contributed by atoms with Gasteiger partial charge < -0.3 is 14.5 Å². The molecule has 35 heavy (non-hydrogen) atoms. The molecule has 0 radical (unpaired) electrons. The molecule has 0 amide bonds. The topological polar surface area (TPSA) is 47.1 Å². The highest BCUT2D eigenvalue weighted by Crippen LogP contribution is 2.46. The summed E-state index contributed by atoms with van der Waals surface area (Å²) in [7, 11) is 0. The van der Waals surface area contributed by atoms with E-state index in [4.69, 9.17) is 21.1 Å². The Morgan fingerprint density at radius 1 is 1.06 bits per heavy atom. The SMILES string of the molecule is CC1(C)Oc2cc(OCc3cccc(C(F)(F)F)c3)ccc2-c2nc(-c3c(F)cccc3Cl)[nH]c21. The van der Waals surface area contributed by atoms with Crippen LogP contribution in [0.5, 0.6) is 11.5 Å². The number of fused-ring (bicyclic) bond motifs is 3. The molecular weight excluding hydrogens is 484 g/mol. The van der Waals surface area contributed by atoms with E-state index in [2.05, 4.69) is 9.97 Å². The molecule has 0 atom stereocenters. The summed E-state index contributed by atoms with van der Waals surface area (Å²) >= 11 is 6.23. The molecule has 1 aromatic heterocycles. The number of benzene rings is 3. The summed E-state index contributed by atoms with van der Waals surface area (Å²) in [6.07, 6.45) is -4.42. The van der Waals surface area contributed by atoms with Crippen molar-refractivity contribution in [2.24, 2.45) is 0 Å². The van der Waals surface area contributed by atoms with Gasteiger partial charge in [-0.05, 0) is 55.8 Å². The van der Waals surface area contributed by atoms with Gasteiger partial charge in [-0.25, -0.2) is 9.37 Å². The van der Waals surface area contributed by atoms with Crippen LogP contribution in [0, 0.1) is 5.82 Å². The van der Waals surface area contributed by atoms with E-state index in [-0.39, 0.29) is 23.0 Å². The summed E-state index contributed by atoms with van der Waals surface area (Å²) in [5, 5.41) is 0.230. The Bertz CT molecular complexity index is 1410. The number of ether oxygens (including phenoxy) is 2. The van der Waals surface area contributed by atoms with Crippen LogP contribution in [0.25, 0.3) is 22.6 Å². The standard InChI is InChI=1S/C26H19ClF4N2O2/c1-25(2)23-22(32-24(33-23)21-18(27)7-4-8-19(21)28)17-10-9-16(12-20(17)35-25)34-13-14-5-3-6-15(11-14)26(29,30)31/h3-12H,13H2,1-2H3,(H,32,33). The average molecular weight is 503 g/mol. The van der Waals surface area contributed by atoms with E-state index in [0.29, 0.717) is 34.0 Å². The molecule has 1 aliphatic heterocycles. The van der Waals surface area contributed by atoms with Crippen LogP contribution in [0.2, 0.25) is 5.02 Å². The molecule has 0 spiro atoms. The molecule has 1 aliphatic rings. The molecule has 1 N–H and O–H groups in total. The number of halogens is 5. The van der Waals surface area contributed by atoms with Gasteiger partial charge >= 0.3 is 6.18 Å². The third-order valence-electron chi connectivity index (χ3n) is 5.74. The summed E-state index contributed by atoms with van der Waals surface area (Å²) in [6.45, 7) is 3.64. The minimum absolute atomic E-state index is 0.0459. The summed E-state index contributed by atoms with van der Waals surface area (Å²) in [6, 6.07) is 14.5. The van der Waals surface area contributed by atoms with E-state index < -0.39 is 23.2 Å². The fourth-order valence-electron chi connectivity index (χ4n) is 4.05. The summed E-state index contributed by atoms with van der Waals surface area (Å²) in [4.78, 5) is 7.79. The lowest BCUT2D eigenvalue weighted by Gasteiger charge is -2.32. The van der Waals surface area contributed by atoms with E-state index in [1.54, 1.807) is 30.3 Å². The zero-order valence-corrected chi connectivity index (χ0v) is 19.4. The highest BCUT2D eigenvalue weighted by Gasteiger charge is 2.37. The van der Waals surface area contributed by atoms with Crippen molar-refractivity contribution in [3.63, 3.8) is 0 Å². The first-order valence-electron chi connectivity index (χ1n) is 10.7. The van der Waals surface area contributed by atoms with E-state index in [0.717, 1.165) is 12.1 Å². The van der Waals surface area contributed by atoms with Crippen LogP contribution < -0.4 is 9.47 Å². The van der Waals surface area contributed by atoms with Gasteiger partial charge in [0.2, 0.25) is 0 Å². The van der Waals surface area contributed by atoms with Crippen molar-refractivity contribution in [1.82, 2.24) is 9.97 Å². The maximum absolute atomic E-state index is 14.5. The van der Waals surface area contributed by atoms with Gasteiger partial charge in [-0.2, -0.15) is 13.2 Å². The number of hydrogen-bond acceptors (Lipinski definition) is 3. The predicted molar refractivity (Wildman–Crippen MR) is 124 cm³/mol. The van der Waals surface area contributed by atoms with Gasteiger partial charge in [0.25, 0.3) is 0 Å². The van der Waals surface area contributed by atoms with Crippen molar-refractivity contribution in [3.05, 3.63) is 88.3 Å². The van der Waals surface area contributed by atoms with E-state index >= 15 is 0 Å². The molecule has 9 heteroatoms. The first-order chi connectivity index (χ1) is 16.5. The number of nitrogens with one attached hydrogen (secondary N) is 1. The third kappa shape index (κ3) is 4.34. The Kier molecular flexibility index (Phi) is 5.51. The highest BCUT2D eigenvalue weighted by atomic mass is 35.5. The second-order valence-electron chi connectivity index (χ2n) is 8.66. The molecule has 4 aromatic rings. The summed E-state index contributed by atoms with van der Waals surface area (Å²) in [5.41, 5.74) is 0.922. The van der Waals surface area contributed by atoms with Crippen LogP contribution in [-0.4, -0.2) is 9.97 Å². The molecule has 180 valence electrons. The fourth-order valence-corrected chi connectivity index (χ4v) is 4.30. The molecular formula is C26H19ClF4N2O2. The molecule has 0 saturated carbocycles. The lowest BCUT2D eigenvalue weighted by molar-refractivity contribution is -0.137. The second kappa shape index (κ2) is 8.30. The number of rotatable bonds is 4. The van der Waals surface area contributed by atoms with Gasteiger partial charge in [0.1, 0.15) is 35.3 Å². The number of alkyl halides is 3.